The molecule has 5 nitrogen and oxygen atoms in total. The number of nitrogens with zero attached hydrogens (tertiary/aromatic N) is 3. The highest BCUT2D eigenvalue weighted by molar-refractivity contribution is 5.25. The molecule has 0 spiro atoms. The lowest BCUT2D eigenvalue weighted by molar-refractivity contribution is 0.0195. The van der Waals surface area contributed by atoms with Crippen molar-refractivity contribution in [1.29, 1.82) is 0 Å². The van der Waals surface area contributed by atoms with Crippen LogP contribution < -0.4 is 5.73 Å². The third-order valence-corrected chi connectivity index (χ3v) is 4.76. The summed E-state index contributed by atoms with van der Waals surface area (Å²) in [6.07, 6.45) is 8.52. The molecule has 0 amide bonds. The topological polar surface area (TPSA) is 75.3 Å². The molecule has 20 heavy (non-hydrogen) atoms. The van der Waals surface area contributed by atoms with Gasteiger partial charge in [-0.15, -0.1) is 0 Å². The van der Waals surface area contributed by atoms with E-state index in [-0.39, 0.29) is 6.10 Å². The number of anilines is 1. The molecule has 0 aromatic carbocycles. The first kappa shape index (κ1) is 13.8. The molecule has 2 fully saturated rings. The maximum absolute atomic E-state index is 10.3. The number of aliphatic hydroxyl groups is 1. The Morgan fingerprint density at radius 1 is 1.25 bits per heavy atom. The number of hydrogen-bond donors (Lipinski definition) is 2. The Morgan fingerprint density at radius 3 is 2.90 bits per heavy atom. The summed E-state index contributed by atoms with van der Waals surface area (Å²) in [5.41, 5.74) is 5.72. The first-order valence-electron chi connectivity index (χ1n) is 7.73. The van der Waals surface area contributed by atoms with Crippen molar-refractivity contribution in [3.05, 3.63) is 18.1 Å². The molecule has 1 aliphatic carbocycles. The first-order chi connectivity index (χ1) is 9.74. The van der Waals surface area contributed by atoms with Crippen LogP contribution in [0.3, 0.4) is 0 Å². The Balaban J connectivity index is 1.69. The third-order valence-electron chi connectivity index (χ3n) is 4.76. The summed E-state index contributed by atoms with van der Waals surface area (Å²) in [6, 6.07) is 2.20. The lowest BCUT2D eigenvalue weighted by atomic mass is 9.80. The largest absolute Gasteiger partial charge is 0.393 e. The predicted octanol–water partition coefficient (Wildman–Crippen LogP) is 1.57. The van der Waals surface area contributed by atoms with Crippen molar-refractivity contribution in [2.24, 2.45) is 5.92 Å². The van der Waals surface area contributed by atoms with E-state index < -0.39 is 0 Å². The molecule has 3 atom stereocenters. The van der Waals surface area contributed by atoms with Gasteiger partial charge in [-0.05, 0) is 38.3 Å². The van der Waals surface area contributed by atoms with Gasteiger partial charge in [0, 0.05) is 18.2 Å². The summed E-state index contributed by atoms with van der Waals surface area (Å²) < 4.78 is 0. The monoisotopic (exact) mass is 276 g/mol. The van der Waals surface area contributed by atoms with Gasteiger partial charge in [-0.25, -0.2) is 9.97 Å². The molecule has 0 radical (unpaired) electrons. The minimum atomic E-state index is -0.129. The summed E-state index contributed by atoms with van der Waals surface area (Å²) >= 11 is 0. The highest BCUT2D eigenvalue weighted by atomic mass is 16.3. The number of hydrogen-bond acceptors (Lipinski definition) is 5. The van der Waals surface area contributed by atoms with Crippen molar-refractivity contribution in [2.75, 3.05) is 12.3 Å². The van der Waals surface area contributed by atoms with E-state index in [2.05, 4.69) is 14.9 Å². The van der Waals surface area contributed by atoms with Gasteiger partial charge in [-0.2, -0.15) is 0 Å². The molecule has 1 aromatic heterocycles. The number of rotatable bonds is 3. The first-order valence-corrected chi connectivity index (χ1v) is 7.73. The molecule has 1 saturated carbocycles. The van der Waals surface area contributed by atoms with Gasteiger partial charge < -0.3 is 10.8 Å². The molecule has 1 aliphatic heterocycles. The van der Waals surface area contributed by atoms with Gasteiger partial charge in [0.05, 0.1) is 12.6 Å². The number of aliphatic hydroxyl groups excluding tert-OH is 1. The molecular formula is C15H24N4O. The van der Waals surface area contributed by atoms with Crippen LogP contribution in [0.5, 0.6) is 0 Å². The summed E-state index contributed by atoms with van der Waals surface area (Å²) in [4.78, 5) is 11.0. The van der Waals surface area contributed by atoms with E-state index in [1.54, 1.807) is 12.3 Å². The van der Waals surface area contributed by atoms with Crippen LogP contribution in [0.2, 0.25) is 0 Å². The minimum Gasteiger partial charge on any atom is -0.393 e. The van der Waals surface area contributed by atoms with Crippen LogP contribution in [0.4, 0.5) is 5.82 Å². The average molecular weight is 276 g/mol. The quantitative estimate of drug-likeness (QED) is 0.876. The maximum atomic E-state index is 10.3. The van der Waals surface area contributed by atoms with Gasteiger partial charge in [0.25, 0.3) is 0 Å². The number of likely N-dealkylation sites (tertiary alicyclic amines) is 1. The van der Waals surface area contributed by atoms with E-state index in [1.165, 1.54) is 25.7 Å². The van der Waals surface area contributed by atoms with Gasteiger partial charge >= 0.3 is 0 Å². The van der Waals surface area contributed by atoms with Gasteiger partial charge in [0.1, 0.15) is 11.6 Å². The summed E-state index contributed by atoms with van der Waals surface area (Å²) in [7, 11) is 0. The SMILES string of the molecule is Nc1ccnc(CN2CCCC2C2CCCCC2O)n1. The molecule has 110 valence electrons. The van der Waals surface area contributed by atoms with Crippen LogP contribution in [0.15, 0.2) is 12.3 Å². The molecule has 3 rings (SSSR count). The molecule has 5 heteroatoms. The van der Waals surface area contributed by atoms with E-state index in [1.807, 2.05) is 0 Å². The molecule has 2 heterocycles. The van der Waals surface area contributed by atoms with E-state index in [9.17, 15) is 5.11 Å². The standard InChI is InChI=1S/C15H24N4O/c16-14-7-8-17-15(18-14)10-19-9-3-5-12(19)11-4-1-2-6-13(11)20/h7-8,11-13,20H,1-6,9-10H2,(H2,16,17,18). The van der Waals surface area contributed by atoms with Gasteiger partial charge in [0.2, 0.25) is 0 Å². The van der Waals surface area contributed by atoms with Gasteiger partial charge in [-0.1, -0.05) is 12.8 Å². The molecule has 0 bridgehead atoms. The molecular weight excluding hydrogens is 252 g/mol. The second-order valence-electron chi connectivity index (χ2n) is 6.09. The summed E-state index contributed by atoms with van der Waals surface area (Å²) in [5, 5.41) is 10.3. The lowest BCUT2D eigenvalue weighted by Crippen LogP contribution is -2.42. The fourth-order valence-electron chi connectivity index (χ4n) is 3.79. The van der Waals surface area contributed by atoms with Crippen molar-refractivity contribution in [3.8, 4) is 0 Å². The fourth-order valence-corrected chi connectivity index (χ4v) is 3.79. The Labute approximate surface area is 120 Å². The predicted molar refractivity (Wildman–Crippen MR) is 77.8 cm³/mol. The van der Waals surface area contributed by atoms with Crippen molar-refractivity contribution >= 4 is 5.82 Å². The summed E-state index contributed by atoms with van der Waals surface area (Å²) in [5.74, 6) is 1.75. The molecule has 3 N–H and O–H groups in total. The van der Waals surface area contributed by atoms with Crippen LogP contribution in [0, 0.1) is 5.92 Å². The Hall–Kier alpha value is -1.20. The zero-order chi connectivity index (χ0) is 13.9. The molecule has 3 unspecified atom stereocenters. The smallest absolute Gasteiger partial charge is 0.144 e. The van der Waals surface area contributed by atoms with Crippen LogP contribution in [0.1, 0.15) is 44.3 Å². The van der Waals surface area contributed by atoms with E-state index in [4.69, 9.17) is 5.73 Å². The normalized spacial score (nSPS) is 31.6. The van der Waals surface area contributed by atoms with Crippen molar-refractivity contribution in [1.82, 2.24) is 14.9 Å². The van der Waals surface area contributed by atoms with E-state index in [0.717, 1.165) is 31.8 Å². The zero-order valence-electron chi connectivity index (χ0n) is 11.9. The second-order valence-corrected chi connectivity index (χ2v) is 6.09. The van der Waals surface area contributed by atoms with E-state index >= 15 is 0 Å². The molecule has 1 saturated heterocycles. The highest BCUT2D eigenvalue weighted by Crippen LogP contribution is 2.35. The lowest BCUT2D eigenvalue weighted by Gasteiger charge is -2.37. The van der Waals surface area contributed by atoms with Crippen molar-refractivity contribution in [2.45, 2.75) is 57.2 Å². The number of aromatic nitrogens is 2. The van der Waals surface area contributed by atoms with E-state index in [0.29, 0.717) is 17.8 Å². The molecule has 2 aliphatic rings. The summed E-state index contributed by atoms with van der Waals surface area (Å²) in [6.45, 7) is 1.82. The van der Waals surface area contributed by atoms with Crippen LogP contribution >= 0.6 is 0 Å². The van der Waals surface area contributed by atoms with Crippen molar-refractivity contribution in [3.63, 3.8) is 0 Å². The second kappa shape index (κ2) is 6.06. The number of nitrogens with two attached hydrogens (primary N) is 1. The number of nitrogen functional groups attached to an aromatic ring is 1. The van der Waals surface area contributed by atoms with Crippen LogP contribution in [-0.2, 0) is 6.54 Å². The Morgan fingerprint density at radius 2 is 2.10 bits per heavy atom. The van der Waals surface area contributed by atoms with Crippen LogP contribution in [-0.4, -0.2) is 38.7 Å². The van der Waals surface area contributed by atoms with Crippen LogP contribution in [0.25, 0.3) is 0 Å². The highest BCUT2D eigenvalue weighted by Gasteiger charge is 2.36. The zero-order valence-corrected chi connectivity index (χ0v) is 11.9. The fraction of sp³-hybridized carbons (Fsp3) is 0.733. The third kappa shape index (κ3) is 2.94. The van der Waals surface area contributed by atoms with Gasteiger partial charge in [-0.3, -0.25) is 4.90 Å². The average Bonchev–Trinajstić information content (AvgIpc) is 2.87. The van der Waals surface area contributed by atoms with Gasteiger partial charge in [0.15, 0.2) is 0 Å². The van der Waals surface area contributed by atoms with Crippen molar-refractivity contribution < 1.29 is 5.11 Å². The Bertz CT molecular complexity index is 453. The maximum Gasteiger partial charge on any atom is 0.144 e. The molecule has 1 aromatic rings. The Kier molecular flexibility index (Phi) is 4.17. The minimum absolute atomic E-state index is 0.129.